The van der Waals surface area contributed by atoms with Gasteiger partial charge in [-0.2, -0.15) is 0 Å². The first-order valence-corrected chi connectivity index (χ1v) is 39.5. The number of benzene rings is 5. The molecule has 10 rings (SSSR count). The number of fused-ring (bicyclic) bond motifs is 5. The van der Waals surface area contributed by atoms with Crippen LogP contribution in [0.25, 0.3) is 0 Å². The Hall–Kier alpha value is -10.0. The average molecular weight is 1780 g/mol. The van der Waals surface area contributed by atoms with Crippen LogP contribution in [0.2, 0.25) is 0 Å². The van der Waals surface area contributed by atoms with Crippen LogP contribution in [0.4, 0.5) is 31.5 Å². The monoisotopic (exact) mass is 1770 g/mol. The van der Waals surface area contributed by atoms with E-state index in [2.05, 4.69) is 21.3 Å². The molecule has 674 valence electrons. The lowest BCUT2D eigenvalue weighted by atomic mass is 9.98. The number of carbonyl (C=O) groups is 7. The molecule has 0 saturated carbocycles. The van der Waals surface area contributed by atoms with Crippen molar-refractivity contribution in [3.8, 4) is 28.7 Å². The molecule has 0 aliphatic carbocycles. The molecule has 0 unspecified atom stereocenters. The van der Waals surface area contributed by atoms with Gasteiger partial charge in [-0.25, -0.2) is 31.5 Å². The maximum absolute atomic E-state index is 13.1. The topological polar surface area (TPSA) is 348 Å². The van der Waals surface area contributed by atoms with E-state index in [1.54, 1.807) is 123 Å². The molecule has 5 aromatic rings. The van der Waals surface area contributed by atoms with Gasteiger partial charge in [-0.1, -0.05) is 0 Å². The second-order valence-corrected chi connectivity index (χ2v) is 29.4. The third-order valence-corrected chi connectivity index (χ3v) is 18.3. The van der Waals surface area contributed by atoms with E-state index in [0.29, 0.717) is 197 Å². The Balaban J connectivity index is 0.000000394. The summed E-state index contributed by atoms with van der Waals surface area (Å²) in [7, 11) is 0. The fourth-order valence-corrected chi connectivity index (χ4v) is 11.9. The molecule has 5 aromatic carbocycles. The van der Waals surface area contributed by atoms with E-state index < -0.39 is 23.4 Å². The molecule has 27 nitrogen and oxygen atoms in total. The molecule has 0 aromatic heterocycles. The smallest absolute Gasteiger partial charge is 0.407 e. The Kier molecular flexibility index (Phi) is 48.6. The molecule has 122 heavy (non-hydrogen) atoms. The summed E-state index contributed by atoms with van der Waals surface area (Å²) < 4.78 is 117. The first kappa shape index (κ1) is 106. The van der Waals surface area contributed by atoms with Crippen molar-refractivity contribution >= 4 is 78.9 Å². The fourth-order valence-electron chi connectivity index (χ4n) is 11.9. The zero-order valence-corrected chi connectivity index (χ0v) is 73.1. The van der Waals surface area contributed by atoms with Crippen molar-refractivity contribution in [1.29, 1.82) is 0 Å². The molecule has 7 amide bonds. The highest BCUT2D eigenvalue weighted by molar-refractivity contribution is 5.99. The number of amides is 7. The van der Waals surface area contributed by atoms with Crippen molar-refractivity contribution in [2.24, 2.45) is 17.2 Å². The lowest BCUT2D eigenvalue weighted by molar-refractivity contribution is 0.0520. The Morgan fingerprint density at radius 1 is 0.393 bits per heavy atom. The van der Waals surface area contributed by atoms with Crippen LogP contribution in [-0.4, -0.2) is 225 Å². The third-order valence-electron chi connectivity index (χ3n) is 18.3. The number of rotatable bonds is 34. The van der Waals surface area contributed by atoms with Crippen molar-refractivity contribution in [3.05, 3.63) is 206 Å². The van der Waals surface area contributed by atoms with E-state index in [4.69, 9.17) is 64.6 Å². The van der Waals surface area contributed by atoms with Gasteiger partial charge in [0.2, 0.25) is 0 Å². The number of nitrogens with two attached hydrogens (primary N) is 3. The Morgan fingerprint density at radius 2 is 0.639 bits per heavy atom. The van der Waals surface area contributed by atoms with E-state index in [1.165, 1.54) is 0 Å². The maximum Gasteiger partial charge on any atom is 0.407 e. The molecule has 0 atom stereocenters. The molecule has 0 fully saturated rings. The van der Waals surface area contributed by atoms with Crippen LogP contribution in [-0.2, 0) is 55.8 Å². The fraction of sp³-hybridized carbons (Fsp3) is 0.460. The first-order chi connectivity index (χ1) is 57.1. The van der Waals surface area contributed by atoms with Crippen LogP contribution in [0.5, 0.6) is 28.7 Å². The van der Waals surface area contributed by atoms with E-state index in [-0.39, 0.29) is 144 Å². The SMILES string of the molecule is CC(C)(C)OC(=O)NC/C(=C\F)COc1ccc2c(c1)CCNC2=O.CCOCCN1CCc2cc(OC/C(=C/F)CN)ccc2C1=O.CCOCCN1CCc2cc(OC/C(=C/F)CN)ccc2C1=O.CCOCCN1CCc2cc(OC/C(=C/F)CNC(=O)OC(C)(C)C)ccc2C1=O.Cl.Cl.Cl.NC/C(=C\F)COc1ccc2c(c1)CCNC2=O. The van der Waals surface area contributed by atoms with Crippen molar-refractivity contribution in [2.45, 2.75) is 106 Å². The lowest BCUT2D eigenvalue weighted by Gasteiger charge is -2.28. The van der Waals surface area contributed by atoms with Gasteiger partial charge in [0, 0.05) is 161 Å². The van der Waals surface area contributed by atoms with Gasteiger partial charge >= 0.3 is 12.2 Å². The summed E-state index contributed by atoms with van der Waals surface area (Å²) >= 11 is 0. The highest BCUT2D eigenvalue weighted by Gasteiger charge is 2.29. The minimum atomic E-state index is -0.626. The second-order valence-electron chi connectivity index (χ2n) is 29.4. The molecular formula is C87H118Cl3F5N10O17. The minimum Gasteiger partial charge on any atom is -0.489 e. The van der Waals surface area contributed by atoms with Crippen LogP contribution in [0.1, 0.15) is 142 Å². The summed E-state index contributed by atoms with van der Waals surface area (Å²) in [5.41, 5.74) is 24.6. The van der Waals surface area contributed by atoms with Crippen LogP contribution in [0.3, 0.4) is 0 Å². The predicted octanol–water partition coefficient (Wildman–Crippen LogP) is 12.5. The van der Waals surface area contributed by atoms with Crippen molar-refractivity contribution in [3.63, 3.8) is 0 Å². The van der Waals surface area contributed by atoms with Crippen LogP contribution < -0.4 is 62.2 Å². The standard InChI is InChI=1S/C22H31FN2O5.C18H23FN2O4.2C17H23FN2O3.C13H15FN2O2.3ClH/c1-5-28-11-10-25-9-8-17-12-18(6-7-19(17)20(25)26)29-15-16(13-23)14-24-21(27)30-22(2,3)4;1-18(2,3)25-17(23)21-10-12(9-19)11-24-14-4-5-15-13(8-14)6-7-20-16(15)22;2*1-2-22-8-7-20-6-5-14-9-15(3-4-16(14)17(20)21)23-12-13(10-18)11-19;14-6-9(7-15)8-18-11-1-2-12-10(5-11)3-4-16-13(12)17;;;/h6-7,12-13H,5,8-11,14-15H2,1-4H3,(H,24,27);4-5,8-9H,6-7,10-11H2,1-3H3,(H,20,22)(H,21,23);2*3-4,9-10H,2,5-8,11-12,19H2,1H3;1-2,5-6H,3-4,7-8,15H2,(H,16,17);3*1H/b16-13+;12-9+;2*13-10+;9-6+;;;. The van der Waals surface area contributed by atoms with Gasteiger partial charge in [0.25, 0.3) is 29.5 Å². The van der Waals surface area contributed by atoms with Gasteiger partial charge < -0.3 is 101 Å². The summed E-state index contributed by atoms with van der Waals surface area (Å²) in [6.07, 6.45) is 4.75. The van der Waals surface area contributed by atoms with Crippen LogP contribution in [0.15, 0.2) is 151 Å². The van der Waals surface area contributed by atoms with Crippen LogP contribution >= 0.6 is 37.2 Å². The van der Waals surface area contributed by atoms with Crippen molar-refractivity contribution in [1.82, 2.24) is 36.0 Å². The number of ether oxygens (including phenoxy) is 10. The number of nitrogens with one attached hydrogen (secondary N) is 4. The highest BCUT2D eigenvalue weighted by atomic mass is 35.5. The zero-order valence-electron chi connectivity index (χ0n) is 70.7. The molecule has 0 radical (unpaired) electrons. The normalized spacial score (nSPS) is 14.3. The number of alkyl carbamates (subject to hydrolysis) is 2. The third kappa shape index (κ3) is 36.2. The van der Waals surface area contributed by atoms with Gasteiger partial charge in [0.15, 0.2) is 0 Å². The molecule has 5 aliphatic rings. The molecule has 5 heterocycles. The van der Waals surface area contributed by atoms with Crippen molar-refractivity contribution < 1.29 is 103 Å². The number of hydrogen-bond donors (Lipinski definition) is 7. The lowest BCUT2D eigenvalue weighted by Crippen LogP contribution is -2.39. The summed E-state index contributed by atoms with van der Waals surface area (Å²) in [6, 6.07) is 26.3. The summed E-state index contributed by atoms with van der Waals surface area (Å²) in [5, 5.41) is 10.5. The molecule has 35 heteroatoms. The summed E-state index contributed by atoms with van der Waals surface area (Å²) in [5.74, 6) is 2.80. The Morgan fingerprint density at radius 3 is 0.877 bits per heavy atom. The first-order valence-electron chi connectivity index (χ1n) is 39.5. The van der Waals surface area contributed by atoms with Gasteiger partial charge in [-0.05, 0) is 213 Å². The minimum absolute atomic E-state index is 0. The molecule has 0 saturated heterocycles. The second kappa shape index (κ2) is 55.9. The molecule has 0 bridgehead atoms. The number of halogens is 8. The average Bonchev–Trinajstić information content (AvgIpc) is 0.815. The number of nitrogens with zero attached hydrogens (tertiary/aromatic N) is 3. The largest absolute Gasteiger partial charge is 0.489 e. The van der Waals surface area contributed by atoms with Crippen molar-refractivity contribution in [2.75, 3.05) is 158 Å². The molecule has 10 N–H and O–H groups in total. The zero-order chi connectivity index (χ0) is 86.9. The van der Waals surface area contributed by atoms with Crippen LogP contribution in [0, 0.1) is 0 Å². The number of carbonyl (C=O) groups excluding carboxylic acids is 7. The van der Waals surface area contributed by atoms with E-state index in [9.17, 15) is 55.5 Å². The van der Waals surface area contributed by atoms with E-state index in [1.807, 2.05) is 45.0 Å². The van der Waals surface area contributed by atoms with E-state index in [0.717, 1.165) is 59.9 Å². The van der Waals surface area contributed by atoms with Gasteiger partial charge in [-0.15, -0.1) is 37.2 Å². The molecular weight excluding hydrogens is 1660 g/mol. The Labute approximate surface area is 729 Å². The molecule has 5 aliphatic heterocycles. The Bertz CT molecular complexity index is 4250. The van der Waals surface area contributed by atoms with Gasteiger partial charge in [0.05, 0.1) is 51.5 Å². The summed E-state index contributed by atoms with van der Waals surface area (Å²) in [4.78, 5) is 89.4. The van der Waals surface area contributed by atoms with E-state index >= 15 is 0 Å². The quantitative estimate of drug-likeness (QED) is 0.0149. The number of hydrogen-bond acceptors (Lipinski definition) is 20. The summed E-state index contributed by atoms with van der Waals surface area (Å²) in [6.45, 7) is 25.4. The highest BCUT2D eigenvalue weighted by Crippen LogP contribution is 2.29. The maximum atomic E-state index is 13.1. The molecule has 0 spiro atoms. The van der Waals surface area contributed by atoms with Gasteiger partial charge in [-0.3, -0.25) is 24.0 Å². The predicted molar refractivity (Wildman–Crippen MR) is 463 cm³/mol. The van der Waals surface area contributed by atoms with Gasteiger partial charge in [0.1, 0.15) is 73.0 Å².